The molecule has 3 aromatic rings. The summed E-state index contributed by atoms with van der Waals surface area (Å²) < 4.78 is 9.75. The first-order valence-corrected chi connectivity index (χ1v) is 14.9. The van der Waals surface area contributed by atoms with E-state index in [-0.39, 0.29) is 12.3 Å². The molecule has 6 unspecified atom stereocenters. The molecule has 0 saturated carbocycles. The lowest BCUT2D eigenvalue weighted by Crippen LogP contribution is -2.59. The molecule has 2 aromatic heterocycles. The van der Waals surface area contributed by atoms with Gasteiger partial charge in [-0.25, -0.2) is 4.68 Å². The Morgan fingerprint density at radius 2 is 1.60 bits per heavy atom. The fourth-order valence-corrected chi connectivity index (χ4v) is 8.26. The number of ether oxygens (including phenoxy) is 1. The maximum Gasteiger partial charge on any atom is 0.104 e. The average Bonchev–Trinajstić information content (AvgIpc) is 3.61. The predicted molar refractivity (Wildman–Crippen MR) is 150 cm³/mol. The fraction of sp³-hybridized carbons (Fsp3) is 0.655. The number of nitrogens with one attached hydrogen (secondary N) is 3. The summed E-state index contributed by atoms with van der Waals surface area (Å²) in [6.45, 7) is 7.70. The Balaban J connectivity index is 1.30. The smallest absolute Gasteiger partial charge is 0.104 e. The topological polar surface area (TPSA) is 110 Å². The number of fused-ring (bicyclic) bond motifs is 3. The van der Waals surface area contributed by atoms with Gasteiger partial charge in [-0.1, -0.05) is 40.8 Å². The molecule has 11 nitrogen and oxygen atoms in total. The van der Waals surface area contributed by atoms with Crippen LogP contribution in [0.15, 0.2) is 30.3 Å². The van der Waals surface area contributed by atoms with E-state index in [9.17, 15) is 0 Å². The van der Waals surface area contributed by atoms with Gasteiger partial charge in [0.15, 0.2) is 0 Å². The Morgan fingerprint density at radius 3 is 2.27 bits per heavy atom. The van der Waals surface area contributed by atoms with Crippen LogP contribution >= 0.6 is 0 Å². The van der Waals surface area contributed by atoms with Crippen molar-refractivity contribution >= 4 is 0 Å². The van der Waals surface area contributed by atoms with Crippen LogP contribution in [0, 0.1) is 25.7 Å². The first-order valence-electron chi connectivity index (χ1n) is 14.9. The van der Waals surface area contributed by atoms with E-state index in [4.69, 9.17) is 4.74 Å². The first-order chi connectivity index (χ1) is 19.5. The lowest BCUT2D eigenvalue weighted by molar-refractivity contribution is -0.0132. The first kappa shape index (κ1) is 26.2. The van der Waals surface area contributed by atoms with E-state index in [1.54, 1.807) is 0 Å². The van der Waals surface area contributed by atoms with Gasteiger partial charge < -0.3 is 10.1 Å². The summed E-state index contributed by atoms with van der Waals surface area (Å²) in [5.74, 6) is 1.33. The van der Waals surface area contributed by atoms with Gasteiger partial charge in [0.25, 0.3) is 0 Å². The molecule has 40 heavy (non-hydrogen) atoms. The van der Waals surface area contributed by atoms with Crippen LogP contribution in [-0.2, 0) is 18.8 Å². The Hall–Kier alpha value is -2.70. The van der Waals surface area contributed by atoms with Crippen LogP contribution in [-0.4, -0.2) is 79.4 Å². The van der Waals surface area contributed by atoms with Gasteiger partial charge in [-0.05, 0) is 44.6 Å². The third-order valence-electron chi connectivity index (χ3n) is 9.94. The number of aromatic nitrogens is 6. The van der Waals surface area contributed by atoms with Gasteiger partial charge >= 0.3 is 0 Å². The molecule has 0 spiro atoms. The van der Waals surface area contributed by atoms with Crippen molar-refractivity contribution in [1.82, 2.24) is 50.8 Å². The fourth-order valence-electron chi connectivity index (χ4n) is 8.26. The molecule has 4 saturated heterocycles. The van der Waals surface area contributed by atoms with E-state index in [1.165, 1.54) is 11.3 Å². The highest BCUT2D eigenvalue weighted by atomic mass is 16.5. The number of benzene rings is 1. The minimum absolute atomic E-state index is 0.00525. The van der Waals surface area contributed by atoms with Crippen LogP contribution in [0.5, 0.6) is 0 Å². The third kappa shape index (κ3) is 4.39. The Kier molecular flexibility index (Phi) is 6.95. The molecule has 0 aliphatic carbocycles. The predicted octanol–water partition coefficient (Wildman–Crippen LogP) is 1.69. The number of hydrogen-bond acceptors (Lipinski definition) is 9. The number of rotatable bonds is 5. The van der Waals surface area contributed by atoms with E-state index in [1.807, 2.05) is 23.5 Å². The number of hydrogen-bond donors (Lipinski definition) is 3. The van der Waals surface area contributed by atoms with Crippen LogP contribution in [0.2, 0.25) is 0 Å². The molecule has 7 atom stereocenters. The van der Waals surface area contributed by atoms with Crippen molar-refractivity contribution < 1.29 is 4.74 Å². The molecule has 0 amide bonds. The highest BCUT2D eigenvalue weighted by Gasteiger charge is 2.56. The molecule has 0 radical (unpaired) electrons. The Labute approximate surface area is 236 Å². The number of aryl methyl sites for hydroxylation is 4. The number of nitrogens with zero attached hydrogens (tertiary/aromatic N) is 7. The van der Waals surface area contributed by atoms with Crippen molar-refractivity contribution in [3.63, 3.8) is 0 Å². The average molecular weight is 547 g/mol. The summed E-state index contributed by atoms with van der Waals surface area (Å²) in [6.07, 6.45) is 3.45. The van der Waals surface area contributed by atoms with E-state index >= 15 is 0 Å². The van der Waals surface area contributed by atoms with Crippen LogP contribution in [0.1, 0.15) is 65.7 Å². The molecular formula is C29H42N10O. The maximum absolute atomic E-state index is 5.86. The molecule has 4 fully saturated rings. The summed E-state index contributed by atoms with van der Waals surface area (Å²) in [7, 11) is 4.02. The van der Waals surface area contributed by atoms with Gasteiger partial charge in [0, 0.05) is 70.4 Å². The number of piperidine rings is 1. The molecule has 214 valence electrons. The summed E-state index contributed by atoms with van der Waals surface area (Å²) in [5.41, 5.74) is 5.78. The van der Waals surface area contributed by atoms with E-state index in [0.717, 1.165) is 62.6 Å². The van der Waals surface area contributed by atoms with E-state index in [0.29, 0.717) is 35.9 Å². The quantitative estimate of drug-likeness (QED) is 0.440. The van der Waals surface area contributed by atoms with Gasteiger partial charge in [0.05, 0.1) is 28.9 Å². The second-order valence-electron chi connectivity index (χ2n) is 12.2. The van der Waals surface area contributed by atoms with Crippen LogP contribution in [0.25, 0.3) is 0 Å². The lowest BCUT2D eigenvalue weighted by atomic mass is 9.82. The second kappa shape index (κ2) is 10.6. The number of likely N-dealkylation sites (tertiary alicyclic amines) is 1. The summed E-state index contributed by atoms with van der Waals surface area (Å²) in [6, 6.07) is 12.3. The van der Waals surface area contributed by atoms with Gasteiger partial charge in [0.1, 0.15) is 6.17 Å². The van der Waals surface area contributed by atoms with Gasteiger partial charge in [0.2, 0.25) is 0 Å². The molecule has 3 N–H and O–H groups in total. The molecule has 0 bridgehead atoms. The minimum Gasteiger partial charge on any atom is -0.381 e. The molecular weight excluding hydrogens is 504 g/mol. The van der Waals surface area contributed by atoms with Crippen molar-refractivity contribution in [2.24, 2.45) is 25.9 Å². The zero-order chi connectivity index (χ0) is 27.4. The lowest BCUT2D eigenvalue weighted by Gasteiger charge is -2.47. The highest BCUT2D eigenvalue weighted by Crippen LogP contribution is 2.48. The van der Waals surface area contributed by atoms with Crippen LogP contribution < -0.4 is 16.0 Å². The molecule has 6 heterocycles. The Bertz CT molecular complexity index is 1210. The van der Waals surface area contributed by atoms with Crippen molar-refractivity contribution in [3.8, 4) is 0 Å². The molecule has 7 rings (SSSR count). The minimum atomic E-state index is -0.00525. The van der Waals surface area contributed by atoms with Crippen molar-refractivity contribution in [2.45, 2.75) is 69.5 Å². The van der Waals surface area contributed by atoms with E-state index in [2.05, 4.69) is 85.7 Å². The van der Waals surface area contributed by atoms with Crippen molar-refractivity contribution in [2.75, 3.05) is 26.3 Å². The molecule has 4 aliphatic rings. The summed E-state index contributed by atoms with van der Waals surface area (Å²) >= 11 is 0. The molecule has 4 aliphatic heterocycles. The summed E-state index contributed by atoms with van der Waals surface area (Å²) in [5, 5.41) is 29.4. The van der Waals surface area contributed by atoms with Crippen LogP contribution in [0.4, 0.5) is 0 Å². The highest BCUT2D eigenvalue weighted by molar-refractivity contribution is 5.26. The maximum atomic E-state index is 5.86. The Morgan fingerprint density at radius 1 is 0.900 bits per heavy atom. The van der Waals surface area contributed by atoms with Gasteiger partial charge in [-0.2, -0.15) is 0 Å². The van der Waals surface area contributed by atoms with Gasteiger partial charge in [-0.3, -0.25) is 20.2 Å². The van der Waals surface area contributed by atoms with Crippen LogP contribution in [0.3, 0.4) is 0 Å². The normalized spacial score (nSPS) is 32.1. The standard InChI is InChI=1S/C29H42N10O/c1-17-25(37(3)35-33-17)21-14-23-24(30-15-21)22-16-31-28(26-18(2)34-36-38(26)4)32-29(22)39(23)27(19-8-6-5-7-9-19)20-10-12-40-13-11-20/h5-9,20-24,27-32H,10-16H2,1-4H3/t21?,22?,23?,24?,27-,28?,29?/m1/s1. The van der Waals surface area contributed by atoms with E-state index < -0.39 is 0 Å². The second-order valence-corrected chi connectivity index (χ2v) is 12.2. The van der Waals surface area contributed by atoms with Gasteiger partial charge in [-0.15, -0.1) is 10.2 Å². The van der Waals surface area contributed by atoms with Crippen molar-refractivity contribution in [1.29, 1.82) is 0 Å². The SMILES string of the molecule is Cc1nnn(C)c1C1CNC2C3CNC(c4c(C)nnn4C)NC3N([C@H](c3ccccc3)C3CCOCC3)C2C1. The zero-order valence-electron chi connectivity index (χ0n) is 24.0. The zero-order valence-corrected chi connectivity index (χ0v) is 24.0. The van der Waals surface area contributed by atoms with Crippen molar-refractivity contribution in [3.05, 3.63) is 58.7 Å². The largest absolute Gasteiger partial charge is 0.381 e. The third-order valence-corrected chi connectivity index (χ3v) is 9.94. The monoisotopic (exact) mass is 546 g/mol. The molecule has 11 heteroatoms. The summed E-state index contributed by atoms with van der Waals surface area (Å²) in [4.78, 5) is 2.87. The molecule has 1 aromatic carbocycles.